The molecule has 0 bridgehead atoms. The van der Waals surface area contributed by atoms with Crippen LogP contribution in [0, 0.1) is 5.92 Å². The van der Waals surface area contributed by atoms with Gasteiger partial charge in [-0.2, -0.15) is 0 Å². The second-order valence-corrected chi connectivity index (χ2v) is 3.27. The fourth-order valence-electron chi connectivity index (χ4n) is 0.356. The lowest BCUT2D eigenvalue weighted by molar-refractivity contribution is 0.601. The van der Waals surface area contributed by atoms with E-state index in [9.17, 15) is 8.22 Å². The molecular weight excluding hydrogens is 114 g/mol. The SMILES string of the molecule is CC(C)C[SiH](F)F. The van der Waals surface area contributed by atoms with E-state index in [0.29, 0.717) is 0 Å². The highest BCUT2D eigenvalue weighted by Crippen LogP contribution is 2.05. The van der Waals surface area contributed by atoms with Crippen LogP contribution >= 0.6 is 0 Å². The third kappa shape index (κ3) is 6.08. The molecule has 0 rings (SSSR count). The van der Waals surface area contributed by atoms with Crippen molar-refractivity contribution in [2.75, 3.05) is 0 Å². The normalized spacial score (nSPS) is 11.1. The number of hydrogen-bond donors (Lipinski definition) is 0. The summed E-state index contributed by atoms with van der Waals surface area (Å²) in [6.45, 7) is 3.64. The van der Waals surface area contributed by atoms with E-state index in [-0.39, 0.29) is 12.0 Å². The van der Waals surface area contributed by atoms with Gasteiger partial charge < -0.3 is 0 Å². The molecule has 0 nitrogen and oxygen atoms in total. The van der Waals surface area contributed by atoms with Gasteiger partial charge in [0.05, 0.1) is 0 Å². The lowest BCUT2D eigenvalue weighted by Crippen LogP contribution is -2.00. The molecule has 0 aromatic rings. The van der Waals surface area contributed by atoms with Gasteiger partial charge in [0.2, 0.25) is 0 Å². The van der Waals surface area contributed by atoms with E-state index in [2.05, 4.69) is 0 Å². The predicted octanol–water partition coefficient (Wildman–Crippen LogP) is 1.80. The Balaban J connectivity index is 2.95. The van der Waals surface area contributed by atoms with Crippen molar-refractivity contribution in [1.82, 2.24) is 0 Å². The largest absolute Gasteiger partial charge is 0.411 e. The zero-order valence-corrected chi connectivity index (χ0v) is 5.77. The molecule has 0 atom stereocenters. The van der Waals surface area contributed by atoms with Crippen LogP contribution in [0.2, 0.25) is 6.04 Å². The Morgan fingerprint density at radius 3 is 1.86 bits per heavy atom. The lowest BCUT2D eigenvalue weighted by Gasteiger charge is -1.97. The first-order valence-corrected chi connectivity index (χ1v) is 4.10. The Morgan fingerprint density at radius 1 is 1.43 bits per heavy atom. The van der Waals surface area contributed by atoms with Crippen LogP contribution in [-0.4, -0.2) is 9.46 Å². The molecule has 0 N–H and O–H groups in total. The van der Waals surface area contributed by atoms with Crippen LogP contribution in [0.15, 0.2) is 0 Å². The summed E-state index contributed by atoms with van der Waals surface area (Å²) in [6.07, 6.45) is 0. The highest BCUT2D eigenvalue weighted by Gasteiger charge is 2.08. The zero-order valence-electron chi connectivity index (χ0n) is 4.62. The van der Waals surface area contributed by atoms with E-state index in [1.807, 2.05) is 13.8 Å². The fourth-order valence-corrected chi connectivity index (χ4v) is 1.07. The summed E-state index contributed by atoms with van der Waals surface area (Å²) in [4.78, 5) is 0. The van der Waals surface area contributed by atoms with Gasteiger partial charge in [0.15, 0.2) is 0 Å². The monoisotopic (exact) mass is 124 g/mol. The standard InChI is InChI=1S/C4H10F2Si/c1-4(2)3-7(5)6/h4,7H,3H2,1-2H3. The molecular formula is C4H10F2Si. The van der Waals surface area contributed by atoms with Gasteiger partial charge in [-0.15, -0.1) is 0 Å². The molecule has 0 aliphatic carbocycles. The molecule has 0 saturated carbocycles. The second-order valence-electron chi connectivity index (χ2n) is 2.02. The van der Waals surface area contributed by atoms with Gasteiger partial charge >= 0.3 is 9.46 Å². The van der Waals surface area contributed by atoms with E-state index >= 15 is 0 Å². The van der Waals surface area contributed by atoms with Crippen LogP contribution in [0.1, 0.15) is 13.8 Å². The van der Waals surface area contributed by atoms with Crippen molar-refractivity contribution in [3.8, 4) is 0 Å². The minimum atomic E-state index is -3.23. The average Bonchev–Trinajstić information content (AvgIpc) is 1.27. The highest BCUT2D eigenvalue weighted by molar-refractivity contribution is 6.42. The van der Waals surface area contributed by atoms with Crippen molar-refractivity contribution in [3.63, 3.8) is 0 Å². The first-order chi connectivity index (χ1) is 3.13. The van der Waals surface area contributed by atoms with Crippen LogP contribution in [-0.2, 0) is 0 Å². The Kier molecular flexibility index (Phi) is 3.16. The van der Waals surface area contributed by atoms with E-state index in [1.54, 1.807) is 0 Å². The van der Waals surface area contributed by atoms with Crippen molar-refractivity contribution in [2.45, 2.75) is 19.9 Å². The van der Waals surface area contributed by atoms with E-state index in [0.717, 1.165) is 0 Å². The Labute approximate surface area is 44.5 Å². The quantitative estimate of drug-likeness (QED) is 0.389. The van der Waals surface area contributed by atoms with Crippen molar-refractivity contribution in [2.24, 2.45) is 5.92 Å². The zero-order chi connectivity index (χ0) is 5.86. The molecule has 0 fully saturated rings. The van der Waals surface area contributed by atoms with Crippen LogP contribution in [0.3, 0.4) is 0 Å². The summed E-state index contributed by atoms with van der Waals surface area (Å²) in [5.41, 5.74) is 0. The summed E-state index contributed by atoms with van der Waals surface area (Å²) in [7, 11) is -3.23. The van der Waals surface area contributed by atoms with Gasteiger partial charge in [0.1, 0.15) is 0 Å². The summed E-state index contributed by atoms with van der Waals surface area (Å²) >= 11 is 0. The Bertz CT molecular complexity index is 39.0. The van der Waals surface area contributed by atoms with Crippen molar-refractivity contribution >= 4 is 9.46 Å². The molecule has 0 heterocycles. The maximum atomic E-state index is 11.4. The van der Waals surface area contributed by atoms with Crippen LogP contribution < -0.4 is 0 Å². The molecule has 0 saturated heterocycles. The van der Waals surface area contributed by atoms with E-state index in [4.69, 9.17) is 0 Å². The Morgan fingerprint density at radius 2 is 1.86 bits per heavy atom. The van der Waals surface area contributed by atoms with Gasteiger partial charge in [-0.05, 0) is 12.0 Å². The van der Waals surface area contributed by atoms with E-state index < -0.39 is 9.46 Å². The fraction of sp³-hybridized carbons (Fsp3) is 1.00. The third-order valence-corrected chi connectivity index (χ3v) is 1.95. The maximum absolute atomic E-state index is 11.4. The molecule has 0 amide bonds. The second kappa shape index (κ2) is 3.13. The topological polar surface area (TPSA) is 0 Å². The van der Waals surface area contributed by atoms with Crippen molar-refractivity contribution < 1.29 is 8.22 Å². The first kappa shape index (κ1) is 7.08. The van der Waals surface area contributed by atoms with Gasteiger partial charge in [-0.25, -0.2) is 0 Å². The van der Waals surface area contributed by atoms with Crippen LogP contribution in [0.5, 0.6) is 0 Å². The summed E-state index contributed by atoms with van der Waals surface area (Å²) in [5.74, 6) is 0.187. The highest BCUT2D eigenvalue weighted by atomic mass is 28.4. The van der Waals surface area contributed by atoms with Gasteiger partial charge in [-0.3, -0.25) is 8.22 Å². The summed E-state index contributed by atoms with van der Waals surface area (Å²) < 4.78 is 22.8. The molecule has 0 unspecified atom stereocenters. The average molecular weight is 124 g/mol. The summed E-state index contributed by atoms with van der Waals surface area (Å²) in [5, 5.41) is 0. The molecule has 0 spiro atoms. The van der Waals surface area contributed by atoms with Gasteiger partial charge in [0.25, 0.3) is 0 Å². The van der Waals surface area contributed by atoms with Gasteiger partial charge in [-0.1, -0.05) is 13.8 Å². The van der Waals surface area contributed by atoms with Crippen LogP contribution in [0.4, 0.5) is 8.22 Å². The molecule has 0 aromatic carbocycles. The number of halogens is 2. The van der Waals surface area contributed by atoms with Gasteiger partial charge in [0, 0.05) is 0 Å². The molecule has 44 valence electrons. The van der Waals surface area contributed by atoms with Crippen LogP contribution in [0.25, 0.3) is 0 Å². The maximum Gasteiger partial charge on any atom is 0.411 e. The first-order valence-electron chi connectivity index (χ1n) is 2.41. The summed E-state index contributed by atoms with van der Waals surface area (Å²) in [6, 6.07) is 0.167. The van der Waals surface area contributed by atoms with E-state index in [1.165, 1.54) is 0 Å². The van der Waals surface area contributed by atoms with Crippen molar-refractivity contribution in [3.05, 3.63) is 0 Å². The predicted molar refractivity (Wildman–Crippen MR) is 29.0 cm³/mol. The lowest BCUT2D eigenvalue weighted by atomic mass is 10.3. The van der Waals surface area contributed by atoms with Crippen molar-refractivity contribution in [1.29, 1.82) is 0 Å². The molecule has 0 aromatic heterocycles. The third-order valence-electron chi connectivity index (χ3n) is 0.650. The number of rotatable bonds is 2. The molecule has 0 aliphatic rings. The molecule has 3 heteroatoms. The molecule has 0 radical (unpaired) electrons. The minimum Gasteiger partial charge on any atom is -0.275 e. The molecule has 7 heavy (non-hydrogen) atoms. The Hall–Kier alpha value is 0.0769. The number of hydrogen-bond acceptors (Lipinski definition) is 0. The molecule has 0 aliphatic heterocycles. The minimum absolute atomic E-state index is 0.167. The smallest absolute Gasteiger partial charge is 0.275 e.